The molecule has 2 atom stereocenters. The van der Waals surface area contributed by atoms with E-state index in [1.165, 1.54) is 4.90 Å². The Morgan fingerprint density at radius 3 is 2.06 bits per heavy atom. The van der Waals surface area contributed by atoms with Crippen LogP contribution in [0.4, 0.5) is 4.79 Å². The summed E-state index contributed by atoms with van der Waals surface area (Å²) < 4.78 is 5.35. The molecule has 33 heavy (non-hydrogen) atoms. The van der Waals surface area contributed by atoms with E-state index in [-0.39, 0.29) is 31.0 Å². The van der Waals surface area contributed by atoms with E-state index in [1.807, 2.05) is 46.8 Å². The minimum atomic E-state index is -0.956. The molecule has 0 fully saturated rings. The minimum absolute atomic E-state index is 0.0620. The number of amides is 3. The number of aliphatic hydroxyl groups excluding tert-OH is 1. The fourth-order valence-corrected chi connectivity index (χ4v) is 3.40. The van der Waals surface area contributed by atoms with Crippen LogP contribution in [0.25, 0.3) is 0 Å². The maximum atomic E-state index is 13.7. The number of carbonyl (C=O) groups is 3. The molecule has 3 amide bonds. The van der Waals surface area contributed by atoms with E-state index in [9.17, 15) is 19.5 Å². The molecular formula is C25H41N3O5. The lowest BCUT2D eigenvalue weighted by atomic mass is 9.98. The number of aryl methyl sites for hydroxylation is 1. The maximum Gasteiger partial charge on any atom is 0.408 e. The molecule has 0 aliphatic heterocycles. The third kappa shape index (κ3) is 9.82. The Morgan fingerprint density at radius 2 is 1.61 bits per heavy atom. The summed E-state index contributed by atoms with van der Waals surface area (Å²) in [5.74, 6) is -0.712. The van der Waals surface area contributed by atoms with Crippen molar-refractivity contribution >= 4 is 17.9 Å². The lowest BCUT2D eigenvalue weighted by Gasteiger charge is -2.35. The third-order valence-corrected chi connectivity index (χ3v) is 4.70. The molecule has 8 nitrogen and oxygen atoms in total. The second kappa shape index (κ2) is 12.6. The number of rotatable bonds is 10. The lowest BCUT2D eigenvalue weighted by Crippen LogP contribution is -2.54. The van der Waals surface area contributed by atoms with Crippen LogP contribution in [0, 0.1) is 12.8 Å². The molecule has 0 saturated carbocycles. The zero-order valence-electron chi connectivity index (χ0n) is 21.3. The first-order valence-electron chi connectivity index (χ1n) is 11.5. The summed E-state index contributed by atoms with van der Waals surface area (Å²) in [7, 11) is 0. The molecular weight excluding hydrogens is 422 g/mol. The number of hydrogen-bond donors (Lipinski definition) is 3. The molecule has 1 rings (SSSR count). The highest BCUT2D eigenvalue weighted by molar-refractivity contribution is 5.92. The van der Waals surface area contributed by atoms with Gasteiger partial charge in [0.1, 0.15) is 17.7 Å². The largest absolute Gasteiger partial charge is 0.444 e. The first kappa shape index (κ1) is 28.4. The molecule has 0 radical (unpaired) electrons. The number of nitrogens with one attached hydrogen (secondary N) is 2. The van der Waals surface area contributed by atoms with E-state index in [0.717, 1.165) is 5.56 Å². The van der Waals surface area contributed by atoms with Gasteiger partial charge >= 0.3 is 6.09 Å². The van der Waals surface area contributed by atoms with Crippen LogP contribution >= 0.6 is 0 Å². The van der Waals surface area contributed by atoms with Gasteiger partial charge in [-0.3, -0.25) is 9.59 Å². The highest BCUT2D eigenvalue weighted by atomic mass is 16.6. The smallest absolute Gasteiger partial charge is 0.408 e. The molecule has 3 N–H and O–H groups in total. The summed E-state index contributed by atoms with van der Waals surface area (Å²) in [6.45, 7) is 14.3. The summed E-state index contributed by atoms with van der Waals surface area (Å²) >= 11 is 0. The van der Waals surface area contributed by atoms with Crippen LogP contribution < -0.4 is 10.6 Å². The van der Waals surface area contributed by atoms with Gasteiger partial charge in [0.2, 0.25) is 11.8 Å². The Hall–Kier alpha value is -2.61. The van der Waals surface area contributed by atoms with Crippen molar-refractivity contribution in [3.63, 3.8) is 0 Å². The van der Waals surface area contributed by atoms with E-state index in [1.54, 1.807) is 32.9 Å². The summed E-state index contributed by atoms with van der Waals surface area (Å²) in [5, 5.41) is 15.3. The van der Waals surface area contributed by atoms with Gasteiger partial charge < -0.3 is 25.4 Å². The molecule has 0 heterocycles. The van der Waals surface area contributed by atoms with Crippen LogP contribution in [0.1, 0.15) is 72.1 Å². The van der Waals surface area contributed by atoms with Crippen LogP contribution in [0.5, 0.6) is 0 Å². The van der Waals surface area contributed by atoms with Gasteiger partial charge in [-0.25, -0.2) is 4.79 Å². The quantitative estimate of drug-likeness (QED) is 0.493. The summed E-state index contributed by atoms with van der Waals surface area (Å²) in [6.07, 6.45) is -0.351. The average Bonchev–Trinajstić information content (AvgIpc) is 2.65. The fourth-order valence-electron chi connectivity index (χ4n) is 3.40. The molecule has 0 aliphatic carbocycles. The van der Waals surface area contributed by atoms with Gasteiger partial charge in [-0.2, -0.15) is 0 Å². The van der Waals surface area contributed by atoms with Crippen molar-refractivity contribution in [3.05, 3.63) is 35.4 Å². The molecule has 1 aromatic carbocycles. The van der Waals surface area contributed by atoms with E-state index >= 15 is 0 Å². The molecule has 1 aromatic rings. The lowest BCUT2D eigenvalue weighted by molar-refractivity contribution is -0.143. The zero-order valence-corrected chi connectivity index (χ0v) is 21.3. The number of carbonyl (C=O) groups excluding carboxylic acids is 3. The third-order valence-electron chi connectivity index (χ3n) is 4.70. The van der Waals surface area contributed by atoms with E-state index in [0.29, 0.717) is 12.0 Å². The van der Waals surface area contributed by atoms with E-state index in [4.69, 9.17) is 4.74 Å². The van der Waals surface area contributed by atoms with Crippen molar-refractivity contribution in [2.75, 3.05) is 13.2 Å². The second-order valence-corrected chi connectivity index (χ2v) is 10.1. The number of benzene rings is 1. The van der Waals surface area contributed by atoms with Crippen molar-refractivity contribution < 1.29 is 24.2 Å². The monoisotopic (exact) mass is 463 g/mol. The number of aliphatic hydroxyl groups is 1. The Kier molecular flexibility index (Phi) is 10.8. The van der Waals surface area contributed by atoms with E-state index in [2.05, 4.69) is 10.6 Å². The van der Waals surface area contributed by atoms with Crippen molar-refractivity contribution in [3.8, 4) is 0 Å². The van der Waals surface area contributed by atoms with Gasteiger partial charge in [-0.15, -0.1) is 0 Å². The van der Waals surface area contributed by atoms with Crippen LogP contribution in [0.15, 0.2) is 24.3 Å². The summed E-state index contributed by atoms with van der Waals surface area (Å²) in [6, 6.07) is 5.35. The second-order valence-electron chi connectivity index (χ2n) is 10.1. The molecule has 186 valence electrons. The van der Waals surface area contributed by atoms with Crippen LogP contribution in [0.3, 0.4) is 0 Å². The highest BCUT2D eigenvalue weighted by Crippen LogP contribution is 2.24. The van der Waals surface area contributed by atoms with Crippen molar-refractivity contribution in [2.45, 2.75) is 85.5 Å². The van der Waals surface area contributed by atoms with Crippen LogP contribution in [-0.2, 0) is 14.3 Å². The van der Waals surface area contributed by atoms with Gasteiger partial charge in [0.25, 0.3) is 0 Å². The Bertz CT molecular complexity index is 784. The molecule has 0 aliphatic rings. The molecule has 2 unspecified atom stereocenters. The first-order chi connectivity index (χ1) is 15.2. The van der Waals surface area contributed by atoms with Crippen molar-refractivity contribution in [1.29, 1.82) is 0 Å². The normalized spacial score (nSPS) is 13.4. The fraction of sp³-hybridized carbons (Fsp3) is 0.640. The Morgan fingerprint density at radius 1 is 1.03 bits per heavy atom. The summed E-state index contributed by atoms with van der Waals surface area (Å²) in [5.41, 5.74) is 0.925. The van der Waals surface area contributed by atoms with Crippen LogP contribution in [0.2, 0.25) is 0 Å². The molecule has 0 aromatic heterocycles. The SMILES string of the molecule is Cc1ccc(C(C(=O)NC(C)C)N(CCO)C(=O)C(CC(C)C)NC(=O)OC(C)(C)C)cc1. The number of ether oxygens (including phenoxy) is 1. The first-order valence-corrected chi connectivity index (χ1v) is 11.5. The van der Waals surface area contributed by atoms with Gasteiger partial charge in [-0.05, 0) is 59.4 Å². The Labute approximate surface area is 198 Å². The van der Waals surface area contributed by atoms with Gasteiger partial charge in [-0.1, -0.05) is 43.7 Å². The predicted molar refractivity (Wildman–Crippen MR) is 129 cm³/mol. The number of nitrogens with zero attached hydrogens (tertiary/aromatic N) is 1. The summed E-state index contributed by atoms with van der Waals surface area (Å²) in [4.78, 5) is 40.7. The van der Waals surface area contributed by atoms with Gasteiger partial charge in [0.05, 0.1) is 6.61 Å². The highest BCUT2D eigenvalue weighted by Gasteiger charge is 2.36. The van der Waals surface area contributed by atoms with Gasteiger partial charge in [0.15, 0.2) is 0 Å². The minimum Gasteiger partial charge on any atom is -0.444 e. The standard InChI is InChI=1S/C25H41N3O5/c1-16(2)15-20(27-24(32)33-25(6,7)8)23(31)28(13-14-29)21(22(30)26-17(3)4)19-11-9-18(5)10-12-19/h9-12,16-17,20-21,29H,13-15H2,1-8H3,(H,26,30)(H,27,32). The molecule has 0 saturated heterocycles. The number of alkyl carbamates (subject to hydrolysis) is 1. The predicted octanol–water partition coefficient (Wildman–Crippen LogP) is 3.32. The average molecular weight is 464 g/mol. The van der Waals surface area contributed by atoms with Crippen molar-refractivity contribution in [2.24, 2.45) is 5.92 Å². The maximum absolute atomic E-state index is 13.7. The zero-order chi connectivity index (χ0) is 25.3. The molecule has 0 spiro atoms. The van der Waals surface area contributed by atoms with Crippen LogP contribution in [-0.4, -0.2) is 58.8 Å². The van der Waals surface area contributed by atoms with E-state index < -0.39 is 29.7 Å². The van der Waals surface area contributed by atoms with Gasteiger partial charge in [0, 0.05) is 12.6 Å². The number of hydrogen-bond acceptors (Lipinski definition) is 5. The Balaban J connectivity index is 3.38. The molecule has 0 bridgehead atoms. The molecule has 8 heteroatoms. The van der Waals surface area contributed by atoms with Crippen molar-refractivity contribution in [1.82, 2.24) is 15.5 Å². The topological polar surface area (TPSA) is 108 Å².